The van der Waals surface area contributed by atoms with Crippen molar-refractivity contribution in [1.29, 1.82) is 0 Å². The van der Waals surface area contributed by atoms with Gasteiger partial charge >= 0.3 is 18.0 Å². The van der Waals surface area contributed by atoms with Gasteiger partial charge in [-0.1, -0.05) is 6.07 Å². The molecule has 0 spiro atoms. The number of anilines is 1. The average molecular weight is 292 g/mol. The fraction of sp³-hybridized carbons (Fsp3) is 0.357. The maximum atomic E-state index is 12.0. The molecule has 1 aliphatic rings. The lowest BCUT2D eigenvalue weighted by molar-refractivity contribution is -0.140. The minimum atomic E-state index is -1.26. The Bertz CT molecular complexity index is 569. The average Bonchev–Trinajstić information content (AvgIpc) is 2.84. The number of benzene rings is 1. The number of hydrogen-bond donors (Lipinski definition) is 3. The fourth-order valence-electron chi connectivity index (χ4n) is 2.38. The summed E-state index contributed by atoms with van der Waals surface area (Å²) in [7, 11) is 0. The van der Waals surface area contributed by atoms with E-state index in [-0.39, 0.29) is 0 Å². The third-order valence-corrected chi connectivity index (χ3v) is 3.29. The highest BCUT2D eigenvalue weighted by atomic mass is 16.4. The van der Waals surface area contributed by atoms with Crippen molar-refractivity contribution in [3.05, 3.63) is 29.3 Å². The number of fused-ring (bicyclic) bond motifs is 1. The molecule has 7 heteroatoms. The van der Waals surface area contributed by atoms with Crippen molar-refractivity contribution in [2.45, 2.75) is 19.3 Å². The van der Waals surface area contributed by atoms with E-state index in [4.69, 9.17) is 10.2 Å². The molecule has 0 saturated carbocycles. The number of nitrogens with zero attached hydrogens (tertiary/aromatic N) is 1. The normalized spacial score (nSPS) is 12.6. The van der Waals surface area contributed by atoms with Crippen LogP contribution in [0.1, 0.15) is 17.5 Å². The number of aryl methyl sites for hydroxylation is 2. The van der Waals surface area contributed by atoms with E-state index in [1.54, 1.807) is 6.07 Å². The summed E-state index contributed by atoms with van der Waals surface area (Å²) in [5, 5.41) is 20.0. The molecule has 0 aliphatic heterocycles. The highest BCUT2D eigenvalue weighted by molar-refractivity contribution is 5.93. The molecule has 1 aliphatic carbocycles. The first-order valence-corrected chi connectivity index (χ1v) is 6.57. The molecule has 0 radical (unpaired) electrons. The number of carboxylic acids is 2. The second-order valence-electron chi connectivity index (χ2n) is 4.91. The largest absolute Gasteiger partial charge is 0.480 e. The van der Waals surface area contributed by atoms with E-state index < -0.39 is 31.1 Å². The van der Waals surface area contributed by atoms with Gasteiger partial charge in [-0.05, 0) is 42.5 Å². The number of nitrogens with one attached hydrogen (secondary N) is 1. The molecule has 0 fully saturated rings. The summed E-state index contributed by atoms with van der Waals surface area (Å²) < 4.78 is 0. The zero-order chi connectivity index (χ0) is 15.4. The smallest absolute Gasteiger partial charge is 0.323 e. The SMILES string of the molecule is O=C(O)CN(CC(=O)O)C(=O)Nc1ccc2c(c1)CCC2. The molecule has 0 atom stereocenters. The van der Waals surface area contributed by atoms with Crippen LogP contribution < -0.4 is 5.32 Å². The van der Waals surface area contributed by atoms with Gasteiger partial charge in [0.15, 0.2) is 0 Å². The highest BCUT2D eigenvalue weighted by Crippen LogP contribution is 2.24. The number of carbonyl (C=O) groups excluding carboxylic acids is 1. The van der Waals surface area contributed by atoms with Crippen molar-refractivity contribution < 1.29 is 24.6 Å². The molecule has 0 saturated heterocycles. The summed E-state index contributed by atoms with van der Waals surface area (Å²) in [5.74, 6) is -2.53. The lowest BCUT2D eigenvalue weighted by Gasteiger charge is -2.19. The Morgan fingerprint density at radius 1 is 1.05 bits per heavy atom. The molecule has 0 heterocycles. The number of aliphatic carboxylic acids is 2. The molecule has 2 amide bonds. The molecule has 7 nitrogen and oxygen atoms in total. The van der Waals surface area contributed by atoms with E-state index in [2.05, 4.69) is 5.32 Å². The first kappa shape index (κ1) is 14.8. The van der Waals surface area contributed by atoms with Gasteiger partial charge in [0.05, 0.1) is 0 Å². The second kappa shape index (κ2) is 6.25. The number of amides is 2. The highest BCUT2D eigenvalue weighted by Gasteiger charge is 2.20. The van der Waals surface area contributed by atoms with Gasteiger partial charge < -0.3 is 20.4 Å². The summed E-state index contributed by atoms with van der Waals surface area (Å²) >= 11 is 0. The van der Waals surface area contributed by atoms with E-state index in [1.807, 2.05) is 12.1 Å². The van der Waals surface area contributed by atoms with Crippen molar-refractivity contribution in [2.24, 2.45) is 0 Å². The molecule has 1 aromatic rings. The summed E-state index contributed by atoms with van der Waals surface area (Å²) in [5.41, 5.74) is 2.96. The van der Waals surface area contributed by atoms with Crippen LogP contribution >= 0.6 is 0 Å². The summed E-state index contributed by atoms with van der Waals surface area (Å²) in [6, 6.07) is 4.77. The lowest BCUT2D eigenvalue weighted by atomic mass is 10.1. The van der Waals surface area contributed by atoms with Crippen LogP contribution in [0.2, 0.25) is 0 Å². The van der Waals surface area contributed by atoms with Crippen LogP contribution in [-0.2, 0) is 22.4 Å². The molecular weight excluding hydrogens is 276 g/mol. The van der Waals surface area contributed by atoms with Crippen LogP contribution in [-0.4, -0.2) is 46.2 Å². The Labute approximate surface area is 121 Å². The number of hydrogen-bond acceptors (Lipinski definition) is 3. The van der Waals surface area contributed by atoms with Crippen molar-refractivity contribution >= 4 is 23.7 Å². The Morgan fingerprint density at radius 3 is 2.29 bits per heavy atom. The minimum Gasteiger partial charge on any atom is -0.480 e. The fourth-order valence-corrected chi connectivity index (χ4v) is 2.38. The van der Waals surface area contributed by atoms with Gasteiger partial charge in [-0.15, -0.1) is 0 Å². The Kier molecular flexibility index (Phi) is 4.42. The molecule has 1 aromatic carbocycles. The number of carbonyl (C=O) groups is 3. The Morgan fingerprint density at radius 2 is 1.67 bits per heavy atom. The van der Waals surface area contributed by atoms with Crippen LogP contribution in [0.15, 0.2) is 18.2 Å². The van der Waals surface area contributed by atoms with Crippen LogP contribution in [0.3, 0.4) is 0 Å². The topological polar surface area (TPSA) is 107 Å². The van der Waals surface area contributed by atoms with E-state index in [0.29, 0.717) is 5.69 Å². The second-order valence-corrected chi connectivity index (χ2v) is 4.91. The Balaban J connectivity index is 2.07. The molecule has 3 N–H and O–H groups in total. The van der Waals surface area contributed by atoms with E-state index >= 15 is 0 Å². The third kappa shape index (κ3) is 3.95. The zero-order valence-corrected chi connectivity index (χ0v) is 11.3. The van der Waals surface area contributed by atoms with Gasteiger partial charge in [-0.3, -0.25) is 9.59 Å². The van der Waals surface area contributed by atoms with Crippen molar-refractivity contribution in [2.75, 3.05) is 18.4 Å². The first-order chi connectivity index (χ1) is 9.95. The third-order valence-electron chi connectivity index (χ3n) is 3.29. The van der Waals surface area contributed by atoms with Gasteiger partial charge in [0.1, 0.15) is 13.1 Å². The molecule has 0 bridgehead atoms. The number of urea groups is 1. The van der Waals surface area contributed by atoms with Crippen molar-refractivity contribution in [3.63, 3.8) is 0 Å². The van der Waals surface area contributed by atoms with Gasteiger partial charge in [-0.2, -0.15) is 0 Å². The molecule has 2 rings (SSSR count). The van der Waals surface area contributed by atoms with Crippen LogP contribution in [0.5, 0.6) is 0 Å². The van der Waals surface area contributed by atoms with Gasteiger partial charge in [-0.25, -0.2) is 4.79 Å². The number of rotatable bonds is 5. The van der Waals surface area contributed by atoms with Gasteiger partial charge in [0.25, 0.3) is 0 Å². The quantitative estimate of drug-likeness (QED) is 0.755. The van der Waals surface area contributed by atoms with E-state index in [1.165, 1.54) is 5.56 Å². The summed E-state index contributed by atoms with van der Waals surface area (Å²) in [6.07, 6.45) is 3.05. The first-order valence-electron chi connectivity index (χ1n) is 6.57. The van der Waals surface area contributed by atoms with Gasteiger partial charge in [0, 0.05) is 5.69 Å². The molecule has 0 aromatic heterocycles. The van der Waals surface area contributed by atoms with Crippen LogP contribution in [0.25, 0.3) is 0 Å². The maximum Gasteiger partial charge on any atom is 0.323 e. The minimum absolute atomic E-state index is 0.543. The predicted molar refractivity (Wildman–Crippen MR) is 74.3 cm³/mol. The molecule has 0 unspecified atom stereocenters. The van der Waals surface area contributed by atoms with Gasteiger partial charge in [0.2, 0.25) is 0 Å². The van der Waals surface area contributed by atoms with E-state index in [0.717, 1.165) is 29.7 Å². The monoisotopic (exact) mass is 292 g/mol. The number of carboxylic acid groups (broad SMARTS) is 2. The zero-order valence-electron chi connectivity index (χ0n) is 11.3. The molecule has 21 heavy (non-hydrogen) atoms. The van der Waals surface area contributed by atoms with Crippen LogP contribution in [0, 0.1) is 0 Å². The maximum absolute atomic E-state index is 12.0. The summed E-state index contributed by atoms with van der Waals surface area (Å²) in [4.78, 5) is 34.1. The van der Waals surface area contributed by atoms with Crippen molar-refractivity contribution in [1.82, 2.24) is 4.90 Å². The standard InChI is InChI=1S/C14H16N2O5/c17-12(18)7-16(8-13(19)20)14(21)15-11-5-4-9-2-1-3-10(9)6-11/h4-6H,1-3,7-8H2,(H,15,21)(H,17,18)(H,19,20). The molecular formula is C14H16N2O5. The lowest BCUT2D eigenvalue weighted by Crippen LogP contribution is -2.41. The van der Waals surface area contributed by atoms with E-state index in [9.17, 15) is 14.4 Å². The van der Waals surface area contributed by atoms with Crippen LogP contribution in [0.4, 0.5) is 10.5 Å². The Hall–Kier alpha value is -2.57. The summed E-state index contributed by atoms with van der Waals surface area (Å²) in [6.45, 7) is -1.33. The van der Waals surface area contributed by atoms with Crippen molar-refractivity contribution in [3.8, 4) is 0 Å². The predicted octanol–water partition coefficient (Wildman–Crippen LogP) is 1.18. The molecule has 112 valence electrons.